The third-order valence-electron chi connectivity index (χ3n) is 3.29. The van der Waals surface area contributed by atoms with E-state index in [2.05, 4.69) is 21.0 Å². The molecule has 0 amide bonds. The summed E-state index contributed by atoms with van der Waals surface area (Å²) in [7, 11) is 1.74. The van der Waals surface area contributed by atoms with Crippen molar-refractivity contribution in [3.63, 3.8) is 0 Å². The number of halogens is 4. The molecular weight excluding hydrogens is 366 g/mol. The summed E-state index contributed by atoms with van der Waals surface area (Å²) in [5.74, 6) is -1.49. The summed E-state index contributed by atoms with van der Waals surface area (Å²) < 4.78 is 29.7. The number of aliphatic hydroxyl groups excluding tert-OH is 1. The van der Waals surface area contributed by atoms with Gasteiger partial charge in [-0.1, -0.05) is 18.5 Å². The van der Waals surface area contributed by atoms with Gasteiger partial charge < -0.3 is 5.11 Å². The molecule has 1 heterocycles. The second-order valence-corrected chi connectivity index (χ2v) is 5.89. The normalized spacial score (nSPS) is 12.7. The van der Waals surface area contributed by atoms with Crippen LogP contribution < -0.4 is 0 Å². The molecule has 0 aliphatic carbocycles. The van der Waals surface area contributed by atoms with Crippen LogP contribution in [0, 0.1) is 11.6 Å². The molecule has 3 nitrogen and oxygen atoms in total. The third kappa shape index (κ3) is 3.27. The number of rotatable bonds is 4. The van der Waals surface area contributed by atoms with Gasteiger partial charge in [0.1, 0.15) is 11.6 Å². The maximum absolute atomic E-state index is 13.8. The SMILES string of the molecule is CCc1nn(C)c(CC(O)c2cc(F)c(Cl)cc2F)c1Br. The molecule has 0 saturated heterocycles. The van der Waals surface area contributed by atoms with Gasteiger partial charge in [-0.2, -0.15) is 5.10 Å². The van der Waals surface area contributed by atoms with Crippen molar-refractivity contribution in [2.75, 3.05) is 0 Å². The highest BCUT2D eigenvalue weighted by Gasteiger charge is 2.21. The molecule has 0 saturated carbocycles. The predicted octanol–water partition coefficient (Wildman–Crippen LogP) is 3.95. The number of aromatic nitrogens is 2. The number of aryl methyl sites for hydroxylation is 2. The van der Waals surface area contributed by atoms with Crippen LogP contribution in [0.15, 0.2) is 16.6 Å². The summed E-state index contributed by atoms with van der Waals surface area (Å²) in [5, 5.41) is 14.2. The Bertz CT molecular complexity index is 675. The molecule has 1 aromatic heterocycles. The van der Waals surface area contributed by atoms with Gasteiger partial charge in [0.2, 0.25) is 0 Å². The molecule has 0 fully saturated rings. The zero-order valence-electron chi connectivity index (χ0n) is 11.5. The van der Waals surface area contributed by atoms with E-state index in [1.165, 1.54) is 0 Å². The lowest BCUT2D eigenvalue weighted by atomic mass is 10.0. The summed E-state index contributed by atoms with van der Waals surface area (Å²) in [4.78, 5) is 0. The van der Waals surface area contributed by atoms with Gasteiger partial charge in [0.15, 0.2) is 0 Å². The van der Waals surface area contributed by atoms with E-state index in [9.17, 15) is 13.9 Å². The molecule has 1 aromatic carbocycles. The van der Waals surface area contributed by atoms with Crippen molar-refractivity contribution < 1.29 is 13.9 Å². The van der Waals surface area contributed by atoms with Crippen molar-refractivity contribution in [1.82, 2.24) is 9.78 Å². The fourth-order valence-electron chi connectivity index (χ4n) is 2.13. The number of hydrogen-bond acceptors (Lipinski definition) is 2. The Morgan fingerprint density at radius 3 is 2.62 bits per heavy atom. The molecular formula is C14H14BrClF2N2O. The van der Waals surface area contributed by atoms with Crippen molar-refractivity contribution in [2.45, 2.75) is 25.9 Å². The van der Waals surface area contributed by atoms with Crippen molar-refractivity contribution in [3.05, 3.63) is 50.2 Å². The van der Waals surface area contributed by atoms with Gasteiger partial charge in [0.25, 0.3) is 0 Å². The molecule has 0 aliphatic heterocycles. The Kier molecular flexibility index (Phi) is 5.01. The average Bonchev–Trinajstić information content (AvgIpc) is 2.70. The fourth-order valence-corrected chi connectivity index (χ4v) is 3.06. The predicted molar refractivity (Wildman–Crippen MR) is 80.3 cm³/mol. The van der Waals surface area contributed by atoms with Crippen LogP contribution in [-0.4, -0.2) is 14.9 Å². The quantitative estimate of drug-likeness (QED) is 0.817. The highest BCUT2D eigenvalue weighted by Crippen LogP contribution is 2.29. The van der Waals surface area contributed by atoms with Gasteiger partial charge in [0.05, 0.1) is 27.0 Å². The fraction of sp³-hybridized carbons (Fsp3) is 0.357. The van der Waals surface area contributed by atoms with E-state index in [1.54, 1.807) is 11.7 Å². The first-order valence-corrected chi connectivity index (χ1v) is 7.55. The molecule has 0 bridgehead atoms. The van der Waals surface area contributed by atoms with Crippen LogP contribution >= 0.6 is 27.5 Å². The summed E-state index contributed by atoms with van der Waals surface area (Å²) in [6.07, 6.45) is -0.343. The largest absolute Gasteiger partial charge is 0.388 e. The Hall–Kier alpha value is -0.980. The van der Waals surface area contributed by atoms with E-state index in [0.29, 0.717) is 5.69 Å². The summed E-state index contributed by atoms with van der Waals surface area (Å²) in [5.41, 5.74) is 1.44. The van der Waals surface area contributed by atoms with Crippen LogP contribution in [-0.2, 0) is 19.9 Å². The lowest BCUT2D eigenvalue weighted by molar-refractivity contribution is 0.170. The minimum atomic E-state index is -1.19. The second-order valence-electron chi connectivity index (χ2n) is 4.69. The Morgan fingerprint density at radius 1 is 1.38 bits per heavy atom. The molecule has 1 unspecified atom stereocenters. The minimum absolute atomic E-state index is 0.113. The maximum atomic E-state index is 13.8. The standard InChI is InChI=1S/C14H14BrClF2N2O/c1-3-11-14(15)12(20(2)19-11)6-13(21)7-4-10(18)8(16)5-9(7)17/h4-5,13,21H,3,6H2,1-2H3. The third-order valence-corrected chi connectivity index (χ3v) is 4.49. The van der Waals surface area contributed by atoms with Crippen LogP contribution in [0.25, 0.3) is 0 Å². The van der Waals surface area contributed by atoms with E-state index in [1.807, 2.05) is 6.92 Å². The number of hydrogen-bond donors (Lipinski definition) is 1. The molecule has 114 valence electrons. The first-order chi connectivity index (χ1) is 9.85. The topological polar surface area (TPSA) is 38.0 Å². The van der Waals surface area contributed by atoms with Gasteiger partial charge in [-0.3, -0.25) is 4.68 Å². The van der Waals surface area contributed by atoms with Crippen LogP contribution in [0.3, 0.4) is 0 Å². The molecule has 0 spiro atoms. The van der Waals surface area contributed by atoms with Crippen molar-refractivity contribution in [2.24, 2.45) is 7.05 Å². The Balaban J connectivity index is 2.32. The molecule has 2 rings (SSSR count). The monoisotopic (exact) mass is 378 g/mol. The maximum Gasteiger partial charge on any atom is 0.142 e. The number of benzene rings is 1. The van der Waals surface area contributed by atoms with E-state index < -0.39 is 17.7 Å². The second kappa shape index (κ2) is 6.42. The van der Waals surface area contributed by atoms with Gasteiger partial charge in [-0.15, -0.1) is 0 Å². The molecule has 7 heteroatoms. The molecule has 2 aromatic rings. The smallest absolute Gasteiger partial charge is 0.142 e. The van der Waals surface area contributed by atoms with Gasteiger partial charge in [-0.05, 0) is 34.5 Å². The molecule has 1 N–H and O–H groups in total. The lowest BCUT2D eigenvalue weighted by Crippen LogP contribution is -2.09. The van der Waals surface area contributed by atoms with Crippen LogP contribution in [0.1, 0.15) is 30.0 Å². The van der Waals surface area contributed by atoms with Crippen LogP contribution in [0.2, 0.25) is 5.02 Å². The molecule has 21 heavy (non-hydrogen) atoms. The first-order valence-electron chi connectivity index (χ1n) is 6.37. The van der Waals surface area contributed by atoms with Crippen LogP contribution in [0.4, 0.5) is 8.78 Å². The molecule has 0 aliphatic rings. The van der Waals surface area contributed by atoms with E-state index in [0.717, 1.165) is 28.7 Å². The summed E-state index contributed by atoms with van der Waals surface area (Å²) in [6, 6.07) is 1.79. The Labute approximate surface area is 134 Å². The zero-order chi connectivity index (χ0) is 15.7. The first kappa shape index (κ1) is 16.4. The average molecular weight is 380 g/mol. The zero-order valence-corrected chi connectivity index (χ0v) is 13.8. The van der Waals surface area contributed by atoms with Gasteiger partial charge in [-0.25, -0.2) is 8.78 Å². The lowest BCUT2D eigenvalue weighted by Gasteiger charge is -2.13. The summed E-state index contributed by atoms with van der Waals surface area (Å²) >= 11 is 8.93. The number of nitrogens with zero attached hydrogens (tertiary/aromatic N) is 2. The van der Waals surface area contributed by atoms with Crippen molar-refractivity contribution in [3.8, 4) is 0 Å². The minimum Gasteiger partial charge on any atom is -0.388 e. The number of aliphatic hydroxyl groups is 1. The van der Waals surface area contributed by atoms with Crippen molar-refractivity contribution in [1.29, 1.82) is 0 Å². The van der Waals surface area contributed by atoms with Gasteiger partial charge >= 0.3 is 0 Å². The summed E-state index contributed by atoms with van der Waals surface area (Å²) in [6.45, 7) is 1.96. The van der Waals surface area contributed by atoms with Gasteiger partial charge in [0, 0.05) is 19.0 Å². The molecule has 1 atom stereocenters. The van der Waals surface area contributed by atoms with Crippen molar-refractivity contribution >= 4 is 27.5 Å². The Morgan fingerprint density at radius 2 is 2.05 bits per heavy atom. The van der Waals surface area contributed by atoms with E-state index >= 15 is 0 Å². The molecule has 0 radical (unpaired) electrons. The van der Waals surface area contributed by atoms with E-state index in [4.69, 9.17) is 11.6 Å². The highest BCUT2D eigenvalue weighted by molar-refractivity contribution is 9.10. The van der Waals surface area contributed by atoms with E-state index in [-0.39, 0.29) is 17.0 Å². The van der Waals surface area contributed by atoms with Crippen LogP contribution in [0.5, 0.6) is 0 Å². The highest BCUT2D eigenvalue weighted by atomic mass is 79.9.